The Morgan fingerprint density at radius 3 is 1.70 bits per heavy atom. The first-order chi connectivity index (χ1) is 6.92. The molecule has 0 aromatic rings. The number of quaternary nitrogens is 1. The Labute approximate surface area is 141 Å². The molecule has 0 aromatic heterocycles. The lowest BCUT2D eigenvalue weighted by Gasteiger charge is -2.29. The minimum absolute atomic E-state index is 0. The first-order valence-corrected chi connectivity index (χ1v) is 5.97. The van der Waals surface area contributed by atoms with Crippen LogP contribution in [0.25, 0.3) is 0 Å². The monoisotopic (exact) mass is 337 g/mol. The largest absolute Gasteiger partial charge is 1.00 e. The number of hydrogen-bond acceptors (Lipinski definition) is 2. The second-order valence-corrected chi connectivity index (χ2v) is 5.16. The molecule has 0 saturated carbocycles. The Morgan fingerprint density at radius 1 is 1.00 bits per heavy atom. The molecule has 3 nitrogen and oxygen atoms in total. The number of likely N-dealkylation sites (N-methyl/N-ethyl adjacent to an activating group) is 1. The molecule has 0 aliphatic heterocycles. The molecule has 0 aliphatic rings. The van der Waals surface area contributed by atoms with Crippen LogP contribution in [-0.4, -0.2) is 64.0 Å². The predicted octanol–water partition coefficient (Wildman–Crippen LogP) is 1.29. The molecule has 0 radical (unpaired) electrons. The van der Waals surface area contributed by atoms with E-state index < -0.39 is 0 Å². The molecular formula is C15H41Cl2NO2. The molecule has 0 amide bonds. The van der Waals surface area contributed by atoms with Gasteiger partial charge < -0.3 is 26.4 Å². The van der Waals surface area contributed by atoms with Crippen LogP contribution in [0.2, 0.25) is 0 Å². The van der Waals surface area contributed by atoms with E-state index in [1.54, 1.807) is 7.11 Å². The molecule has 0 saturated heterocycles. The van der Waals surface area contributed by atoms with Crippen molar-refractivity contribution in [1.29, 1.82) is 0 Å². The number of ether oxygens (including phenoxy) is 2. The van der Waals surface area contributed by atoms with Crippen molar-refractivity contribution >= 4 is 11.6 Å². The van der Waals surface area contributed by atoms with Crippen LogP contribution >= 0.6 is 11.6 Å². The van der Waals surface area contributed by atoms with Gasteiger partial charge in [0.25, 0.3) is 0 Å². The minimum atomic E-state index is 0. The fraction of sp³-hybridized carbons (Fsp3) is 1.00. The summed E-state index contributed by atoms with van der Waals surface area (Å²) in [6, 6.07) is 0. The van der Waals surface area contributed by atoms with E-state index >= 15 is 0 Å². The highest BCUT2D eigenvalue weighted by Crippen LogP contribution is 2.06. The molecule has 0 rings (SSSR count). The van der Waals surface area contributed by atoms with Crippen LogP contribution in [0.4, 0.5) is 0 Å². The molecule has 5 heteroatoms. The molecule has 0 heterocycles. The molecule has 0 bridgehead atoms. The topological polar surface area (TPSA) is 18.5 Å². The molecule has 2 atom stereocenters. The average Bonchev–Trinajstić information content (AvgIpc) is 2.15. The maximum Gasteiger partial charge on any atom is 0.106 e. The van der Waals surface area contributed by atoms with Crippen LogP contribution in [0.3, 0.4) is 0 Å². The zero-order chi connectivity index (χ0) is 11.9. The van der Waals surface area contributed by atoms with Gasteiger partial charge in [-0.05, 0) is 6.42 Å². The first-order valence-electron chi connectivity index (χ1n) is 5.43. The van der Waals surface area contributed by atoms with Crippen LogP contribution < -0.4 is 12.4 Å². The Bertz CT molecular complexity index is 160. The van der Waals surface area contributed by atoms with Gasteiger partial charge in [-0.3, -0.25) is 0 Å². The summed E-state index contributed by atoms with van der Waals surface area (Å²) in [5, 5.41) is 0. The van der Waals surface area contributed by atoms with Crippen molar-refractivity contribution in [2.75, 3.05) is 47.3 Å². The van der Waals surface area contributed by atoms with E-state index in [4.69, 9.17) is 21.1 Å². The third-order valence-corrected chi connectivity index (χ3v) is 2.57. The molecule has 132 valence electrons. The average molecular weight is 338 g/mol. The number of hydrogen-bond donors (Lipinski definition) is 0. The summed E-state index contributed by atoms with van der Waals surface area (Å²) >= 11 is 5.72. The summed E-state index contributed by atoms with van der Waals surface area (Å²) in [6.07, 6.45) is 1.31. The van der Waals surface area contributed by atoms with Gasteiger partial charge >= 0.3 is 0 Å². The Hall–Kier alpha value is 0.460. The smallest absolute Gasteiger partial charge is 0.106 e. The van der Waals surface area contributed by atoms with Crippen LogP contribution in [0.15, 0.2) is 0 Å². The zero-order valence-corrected chi connectivity index (χ0v) is 12.5. The van der Waals surface area contributed by atoms with Gasteiger partial charge in [0.1, 0.15) is 12.6 Å². The zero-order valence-electron chi connectivity index (χ0n) is 11.0. The molecule has 0 N–H and O–H groups in total. The van der Waals surface area contributed by atoms with Crippen molar-refractivity contribution < 1.29 is 26.4 Å². The third-order valence-electron chi connectivity index (χ3n) is 2.23. The summed E-state index contributed by atoms with van der Waals surface area (Å²) in [5.41, 5.74) is 0. The molecule has 2 unspecified atom stereocenters. The Morgan fingerprint density at radius 2 is 1.45 bits per heavy atom. The summed E-state index contributed by atoms with van der Waals surface area (Å²) < 4.78 is 11.9. The van der Waals surface area contributed by atoms with E-state index in [1.165, 1.54) is 0 Å². The number of alkyl halides is 1. The van der Waals surface area contributed by atoms with Crippen molar-refractivity contribution in [2.45, 2.75) is 55.3 Å². The molecule has 20 heavy (non-hydrogen) atoms. The lowest BCUT2D eigenvalue weighted by Crippen LogP contribution is -3.00. The molecule has 0 aromatic carbocycles. The predicted molar refractivity (Wildman–Crippen MR) is 91.4 cm³/mol. The fourth-order valence-corrected chi connectivity index (χ4v) is 1.54. The van der Waals surface area contributed by atoms with Crippen molar-refractivity contribution in [3.63, 3.8) is 0 Å². The van der Waals surface area contributed by atoms with E-state index in [9.17, 15) is 0 Å². The number of nitrogens with zero attached hydrogens (tertiary/aromatic N) is 1. The van der Waals surface area contributed by atoms with Crippen LogP contribution in [0.1, 0.15) is 43.1 Å². The van der Waals surface area contributed by atoms with Gasteiger partial charge in [0.15, 0.2) is 0 Å². The Balaban J connectivity index is -0.0000000980. The second-order valence-electron chi connectivity index (χ2n) is 4.85. The molecule has 0 fully saturated rings. The summed E-state index contributed by atoms with van der Waals surface area (Å²) in [6.45, 7) is 3.73. The van der Waals surface area contributed by atoms with E-state index in [-0.39, 0.29) is 54.3 Å². The fourth-order valence-electron chi connectivity index (χ4n) is 1.33. The van der Waals surface area contributed by atoms with E-state index in [0.717, 1.165) is 17.4 Å². The number of halogens is 2. The van der Waals surface area contributed by atoms with Crippen LogP contribution in [0.5, 0.6) is 0 Å². The summed E-state index contributed by atoms with van der Waals surface area (Å²) in [5.74, 6) is 0.483. The van der Waals surface area contributed by atoms with E-state index in [1.807, 2.05) is 0 Å². The van der Waals surface area contributed by atoms with Gasteiger partial charge in [-0.15, -0.1) is 11.6 Å². The maximum absolute atomic E-state index is 5.79. The number of methoxy groups -OCH3 is 1. The van der Waals surface area contributed by atoms with Gasteiger partial charge in [-0.25, -0.2) is 0 Å². The van der Waals surface area contributed by atoms with Crippen molar-refractivity contribution in [3.05, 3.63) is 0 Å². The highest BCUT2D eigenvalue weighted by molar-refractivity contribution is 6.18. The van der Waals surface area contributed by atoms with Gasteiger partial charge in [-0.1, -0.05) is 36.6 Å². The minimum Gasteiger partial charge on any atom is -1.00 e. The van der Waals surface area contributed by atoms with Gasteiger partial charge in [0.2, 0.25) is 0 Å². The lowest BCUT2D eigenvalue weighted by molar-refractivity contribution is -0.873. The van der Waals surface area contributed by atoms with Crippen LogP contribution in [-0.2, 0) is 9.47 Å². The lowest BCUT2D eigenvalue weighted by atomic mass is 10.2. The third kappa shape index (κ3) is 20.8. The molecule has 0 spiro atoms. The van der Waals surface area contributed by atoms with Crippen LogP contribution in [0, 0.1) is 0 Å². The number of rotatable bonds is 8. The van der Waals surface area contributed by atoms with Crippen molar-refractivity contribution in [1.82, 2.24) is 0 Å². The summed E-state index contributed by atoms with van der Waals surface area (Å²) in [7, 11) is 8.17. The SMILES string of the molecule is C.C.C.C.CCC(C[N+](C)(C)C)OCC(CCl)OC.[Cl-]. The summed E-state index contributed by atoms with van der Waals surface area (Å²) in [4.78, 5) is 0. The highest BCUT2D eigenvalue weighted by Gasteiger charge is 2.18. The quantitative estimate of drug-likeness (QED) is 0.490. The molecule has 0 aliphatic carbocycles. The second kappa shape index (κ2) is 19.5. The van der Waals surface area contributed by atoms with E-state index in [0.29, 0.717) is 12.5 Å². The molecular weight excluding hydrogens is 297 g/mol. The maximum atomic E-state index is 5.79. The van der Waals surface area contributed by atoms with Crippen molar-refractivity contribution in [3.8, 4) is 0 Å². The Kier molecular flexibility index (Phi) is 36.1. The van der Waals surface area contributed by atoms with Gasteiger partial charge in [0.05, 0.1) is 39.7 Å². The van der Waals surface area contributed by atoms with E-state index in [2.05, 4.69) is 28.1 Å². The van der Waals surface area contributed by atoms with Gasteiger partial charge in [0, 0.05) is 7.11 Å². The first kappa shape index (κ1) is 37.1. The highest BCUT2D eigenvalue weighted by atomic mass is 35.5. The normalized spacial score (nSPS) is 12.3. The van der Waals surface area contributed by atoms with Crippen molar-refractivity contribution in [2.24, 2.45) is 0 Å². The standard InChI is InChI=1S/C11H25ClNO2.4CH4.ClH/c1-6-10(8-13(2,3)4)15-9-11(7-12)14-5;;;;;/h10-11H,6-9H2,1-5H3;4*1H4;1H/q+1;;;;;/p-1. The van der Waals surface area contributed by atoms with Gasteiger partial charge in [-0.2, -0.15) is 0 Å².